The summed E-state index contributed by atoms with van der Waals surface area (Å²) in [7, 11) is -2.93. The van der Waals surface area contributed by atoms with Crippen LogP contribution in [-0.2, 0) is 9.84 Å². The van der Waals surface area contributed by atoms with Gasteiger partial charge < -0.3 is 10.6 Å². The lowest BCUT2D eigenvalue weighted by Crippen LogP contribution is -2.35. The lowest BCUT2D eigenvalue weighted by Gasteiger charge is -2.14. The third kappa shape index (κ3) is 2.07. The fourth-order valence-electron chi connectivity index (χ4n) is 1.28. The summed E-state index contributed by atoms with van der Waals surface area (Å²) in [6.07, 6.45) is 1.89. The zero-order valence-corrected chi connectivity index (χ0v) is 8.49. The van der Waals surface area contributed by atoms with E-state index in [1.165, 1.54) is 6.26 Å². The van der Waals surface area contributed by atoms with Crippen molar-refractivity contribution in [1.82, 2.24) is 4.90 Å². The molecule has 0 aromatic heterocycles. The van der Waals surface area contributed by atoms with Gasteiger partial charge >= 0.3 is 0 Å². The Bertz CT molecular complexity index is 286. The summed E-state index contributed by atoms with van der Waals surface area (Å²) in [6.45, 7) is 1.11. The van der Waals surface area contributed by atoms with Crippen LogP contribution < -0.4 is 5.73 Å². The van der Waals surface area contributed by atoms with Crippen molar-refractivity contribution in [3.8, 4) is 0 Å². The molecule has 1 saturated heterocycles. The first kappa shape index (κ1) is 9.73. The minimum absolute atomic E-state index is 0.293. The van der Waals surface area contributed by atoms with E-state index in [-0.39, 0.29) is 5.25 Å². The van der Waals surface area contributed by atoms with Gasteiger partial charge in [-0.3, -0.25) is 0 Å². The average molecular weight is 208 g/mol. The van der Waals surface area contributed by atoms with Gasteiger partial charge in [0.05, 0.1) is 5.25 Å². The maximum Gasteiger partial charge on any atom is 0.166 e. The molecule has 1 aliphatic rings. The number of nitrogens with two attached hydrogens (primary N) is 1. The van der Waals surface area contributed by atoms with Gasteiger partial charge in [-0.15, -0.1) is 0 Å². The third-order valence-electron chi connectivity index (χ3n) is 2.06. The molecule has 0 aromatic rings. The fourth-order valence-corrected chi connectivity index (χ4v) is 2.43. The highest BCUT2D eigenvalue weighted by Crippen LogP contribution is 2.15. The van der Waals surface area contributed by atoms with Crippen LogP contribution in [0.3, 0.4) is 0 Å². The monoisotopic (exact) mass is 208 g/mol. The minimum atomic E-state index is -2.93. The van der Waals surface area contributed by atoms with Gasteiger partial charge in [0, 0.05) is 19.3 Å². The molecule has 1 aliphatic heterocycles. The van der Waals surface area contributed by atoms with E-state index in [1.807, 2.05) is 0 Å². The molecule has 0 saturated carbocycles. The highest BCUT2D eigenvalue weighted by Gasteiger charge is 2.30. The number of nitrogens with zero attached hydrogens (tertiary/aromatic N) is 1. The molecular formula is C6H12N2O2S2. The van der Waals surface area contributed by atoms with E-state index < -0.39 is 9.84 Å². The van der Waals surface area contributed by atoms with E-state index in [2.05, 4.69) is 0 Å². The number of likely N-dealkylation sites (tertiary alicyclic amines) is 1. The normalized spacial score (nSPS) is 24.4. The number of rotatable bonds is 1. The Morgan fingerprint density at radius 3 is 2.50 bits per heavy atom. The predicted octanol–water partition coefficient (Wildman–Crippen LogP) is -0.651. The zero-order chi connectivity index (χ0) is 9.35. The second-order valence-corrected chi connectivity index (χ2v) is 5.77. The number of hydrogen-bond donors (Lipinski definition) is 1. The van der Waals surface area contributed by atoms with Gasteiger partial charge in [0.1, 0.15) is 0 Å². The van der Waals surface area contributed by atoms with Crippen molar-refractivity contribution in [2.75, 3.05) is 19.3 Å². The van der Waals surface area contributed by atoms with Crippen molar-refractivity contribution in [3.05, 3.63) is 0 Å². The summed E-state index contributed by atoms with van der Waals surface area (Å²) in [6, 6.07) is 0. The molecule has 1 heterocycles. The summed E-state index contributed by atoms with van der Waals surface area (Å²) < 4.78 is 22.2. The third-order valence-corrected chi connectivity index (χ3v) is 3.92. The second kappa shape index (κ2) is 3.18. The quantitative estimate of drug-likeness (QED) is 0.580. The second-order valence-electron chi connectivity index (χ2n) is 3.02. The zero-order valence-electron chi connectivity index (χ0n) is 6.86. The summed E-state index contributed by atoms with van der Waals surface area (Å²) in [5.74, 6) is 0. The van der Waals surface area contributed by atoms with Gasteiger partial charge in [0.25, 0.3) is 0 Å². The van der Waals surface area contributed by atoms with Crippen molar-refractivity contribution in [2.45, 2.75) is 11.7 Å². The number of thiocarbonyl (C=S) groups is 1. The van der Waals surface area contributed by atoms with Gasteiger partial charge in [-0.2, -0.15) is 0 Å². The lowest BCUT2D eigenvalue weighted by atomic mass is 10.4. The Hall–Kier alpha value is -0.360. The smallest absolute Gasteiger partial charge is 0.166 e. The van der Waals surface area contributed by atoms with Crippen LogP contribution in [0.15, 0.2) is 0 Å². The van der Waals surface area contributed by atoms with Crippen LogP contribution in [-0.4, -0.2) is 43.0 Å². The van der Waals surface area contributed by atoms with E-state index in [0.717, 1.165) is 0 Å². The molecule has 0 bridgehead atoms. The Morgan fingerprint density at radius 1 is 1.67 bits per heavy atom. The molecule has 0 aliphatic carbocycles. The van der Waals surface area contributed by atoms with E-state index in [4.69, 9.17) is 18.0 Å². The fraction of sp³-hybridized carbons (Fsp3) is 0.833. The molecule has 1 fully saturated rings. The summed E-state index contributed by atoms with van der Waals surface area (Å²) in [4.78, 5) is 1.72. The van der Waals surface area contributed by atoms with Crippen LogP contribution in [0, 0.1) is 0 Å². The minimum Gasteiger partial charge on any atom is -0.376 e. The maximum atomic E-state index is 11.1. The van der Waals surface area contributed by atoms with Crippen molar-refractivity contribution in [1.29, 1.82) is 0 Å². The Balaban J connectivity index is 2.64. The van der Waals surface area contributed by atoms with Crippen molar-refractivity contribution in [2.24, 2.45) is 5.73 Å². The van der Waals surface area contributed by atoms with Crippen molar-refractivity contribution < 1.29 is 8.42 Å². The van der Waals surface area contributed by atoms with Gasteiger partial charge in [0.15, 0.2) is 14.9 Å². The molecule has 6 heteroatoms. The van der Waals surface area contributed by atoms with Crippen LogP contribution in [0.25, 0.3) is 0 Å². The van der Waals surface area contributed by atoms with Crippen molar-refractivity contribution >= 4 is 27.2 Å². The standard InChI is InChI=1S/C6H12N2O2S2/c1-12(9,10)5-2-3-8(4-5)6(7)11/h5H,2-4H2,1H3,(H2,7,11). The first-order valence-corrected chi connectivity index (χ1v) is 6.01. The van der Waals surface area contributed by atoms with Crippen LogP contribution in [0.5, 0.6) is 0 Å². The molecule has 12 heavy (non-hydrogen) atoms. The molecule has 70 valence electrons. The van der Waals surface area contributed by atoms with E-state index in [9.17, 15) is 8.42 Å². The molecule has 0 spiro atoms. The molecular weight excluding hydrogens is 196 g/mol. The predicted molar refractivity (Wildman–Crippen MR) is 51.6 cm³/mol. The van der Waals surface area contributed by atoms with E-state index >= 15 is 0 Å². The Labute approximate surface area is 77.6 Å². The Morgan fingerprint density at radius 2 is 2.25 bits per heavy atom. The van der Waals surface area contributed by atoms with Crippen LogP contribution in [0.2, 0.25) is 0 Å². The SMILES string of the molecule is CS(=O)(=O)C1CCN(C(N)=S)C1. The molecule has 0 amide bonds. The molecule has 1 unspecified atom stereocenters. The van der Waals surface area contributed by atoms with Crippen LogP contribution in [0.4, 0.5) is 0 Å². The first-order chi connectivity index (χ1) is 5.41. The van der Waals surface area contributed by atoms with Crippen molar-refractivity contribution in [3.63, 3.8) is 0 Å². The van der Waals surface area contributed by atoms with Gasteiger partial charge in [-0.25, -0.2) is 8.42 Å². The lowest BCUT2D eigenvalue weighted by molar-refractivity contribution is 0.520. The van der Waals surface area contributed by atoms with E-state index in [0.29, 0.717) is 24.6 Å². The van der Waals surface area contributed by atoms with Crippen LogP contribution in [0.1, 0.15) is 6.42 Å². The van der Waals surface area contributed by atoms with Gasteiger partial charge in [0.2, 0.25) is 0 Å². The molecule has 2 N–H and O–H groups in total. The van der Waals surface area contributed by atoms with Gasteiger partial charge in [-0.1, -0.05) is 0 Å². The van der Waals surface area contributed by atoms with E-state index in [1.54, 1.807) is 4.90 Å². The van der Waals surface area contributed by atoms with Crippen LogP contribution >= 0.6 is 12.2 Å². The topological polar surface area (TPSA) is 63.4 Å². The molecule has 0 aromatic carbocycles. The molecule has 1 rings (SSSR count). The molecule has 4 nitrogen and oxygen atoms in total. The highest BCUT2D eigenvalue weighted by atomic mass is 32.2. The maximum absolute atomic E-state index is 11.1. The summed E-state index contributed by atoms with van der Waals surface area (Å²) in [5.41, 5.74) is 5.37. The number of sulfone groups is 1. The summed E-state index contributed by atoms with van der Waals surface area (Å²) in [5, 5.41) is 0.000139. The largest absolute Gasteiger partial charge is 0.376 e. The molecule has 0 radical (unpaired) electrons. The Kier molecular flexibility index (Phi) is 2.58. The first-order valence-electron chi connectivity index (χ1n) is 3.64. The average Bonchev–Trinajstić information content (AvgIpc) is 2.30. The highest BCUT2D eigenvalue weighted by molar-refractivity contribution is 7.91. The number of hydrogen-bond acceptors (Lipinski definition) is 3. The molecule has 1 atom stereocenters. The summed E-state index contributed by atoms with van der Waals surface area (Å²) >= 11 is 4.74. The van der Waals surface area contributed by atoms with Gasteiger partial charge in [-0.05, 0) is 18.6 Å².